The fraction of sp³-hybridized carbons (Fsp3) is 0.316. The number of nitrogens with zero attached hydrogens (tertiary/aromatic N) is 4. The Balaban J connectivity index is 1.39. The minimum absolute atomic E-state index is 0.0464. The maximum atomic E-state index is 13.1. The molecule has 3 aromatic rings. The third kappa shape index (κ3) is 2.78. The average molecular weight is 396 g/mol. The number of hydrogen-bond acceptors (Lipinski definition) is 6. The Hall–Kier alpha value is -2.78. The van der Waals surface area contributed by atoms with Crippen LogP contribution in [0.25, 0.3) is 11.0 Å². The van der Waals surface area contributed by atoms with E-state index in [1.54, 1.807) is 18.5 Å². The summed E-state index contributed by atoms with van der Waals surface area (Å²) in [5.74, 6) is 0.849. The van der Waals surface area contributed by atoms with Gasteiger partial charge in [0.1, 0.15) is 17.8 Å². The van der Waals surface area contributed by atoms with Gasteiger partial charge in [0.25, 0.3) is 5.91 Å². The monoisotopic (exact) mass is 396 g/mol. The van der Waals surface area contributed by atoms with E-state index in [1.165, 1.54) is 12.1 Å². The third-order valence-corrected chi connectivity index (χ3v) is 6.31. The predicted molar refractivity (Wildman–Crippen MR) is 103 cm³/mol. The van der Waals surface area contributed by atoms with E-state index in [2.05, 4.69) is 19.9 Å². The molecule has 1 aromatic carbocycles. The van der Waals surface area contributed by atoms with Gasteiger partial charge in [0, 0.05) is 36.3 Å². The standard InChI is InChI=1S/C19H19N5O3S/c25-18(13-1-3-14(4-2-13)28(26)27)24-10-9-23(11-19(24)6-7-19)17-15-5-8-20-16(15)21-12-22-17/h1-5,8,12H,6-7,9-11H2,(H,26,27)(H,20,21,22)/p-1. The first-order valence-corrected chi connectivity index (χ1v) is 10.2. The topological polar surface area (TPSA) is 105 Å². The number of piperazine rings is 1. The first-order chi connectivity index (χ1) is 13.6. The Labute approximate surface area is 163 Å². The minimum atomic E-state index is -2.29. The minimum Gasteiger partial charge on any atom is -0.768 e. The quantitative estimate of drug-likeness (QED) is 0.676. The van der Waals surface area contributed by atoms with Gasteiger partial charge in [0.15, 0.2) is 0 Å². The van der Waals surface area contributed by atoms with Crippen molar-refractivity contribution in [3.63, 3.8) is 0 Å². The number of hydrogen-bond donors (Lipinski definition) is 1. The maximum absolute atomic E-state index is 13.1. The van der Waals surface area contributed by atoms with Crippen molar-refractivity contribution in [1.29, 1.82) is 0 Å². The summed E-state index contributed by atoms with van der Waals surface area (Å²) in [6.07, 6.45) is 5.33. The van der Waals surface area contributed by atoms with Crippen LogP contribution in [0, 0.1) is 0 Å². The number of aromatic amines is 1. The number of aromatic nitrogens is 3. The highest BCUT2D eigenvalue weighted by Gasteiger charge is 2.53. The van der Waals surface area contributed by atoms with Crippen LogP contribution in [0.1, 0.15) is 23.2 Å². The smallest absolute Gasteiger partial charge is 0.254 e. The molecule has 1 aliphatic heterocycles. The van der Waals surface area contributed by atoms with E-state index in [1.807, 2.05) is 17.2 Å². The lowest BCUT2D eigenvalue weighted by Crippen LogP contribution is -2.57. The zero-order chi connectivity index (χ0) is 19.3. The lowest BCUT2D eigenvalue weighted by molar-refractivity contribution is 0.0624. The van der Waals surface area contributed by atoms with Crippen molar-refractivity contribution in [2.45, 2.75) is 23.3 Å². The summed E-state index contributed by atoms with van der Waals surface area (Å²) in [5, 5.41) is 0.985. The fourth-order valence-corrected chi connectivity index (χ4v) is 4.38. The number of carbonyl (C=O) groups is 1. The summed E-state index contributed by atoms with van der Waals surface area (Å²) in [6.45, 7) is 2.02. The van der Waals surface area contributed by atoms with Crippen molar-refractivity contribution < 1.29 is 13.6 Å². The van der Waals surface area contributed by atoms with E-state index in [4.69, 9.17) is 0 Å². The van der Waals surface area contributed by atoms with Crippen molar-refractivity contribution >= 4 is 33.8 Å². The normalized spacial score (nSPS) is 19.2. The van der Waals surface area contributed by atoms with Gasteiger partial charge in [0.05, 0.1) is 10.9 Å². The SMILES string of the molecule is O=C(c1ccc(S(=O)[O-])cc1)N1CCN(c2ncnc3[nH]ccc23)CC12CC2. The summed E-state index contributed by atoms with van der Waals surface area (Å²) in [7, 11) is 0. The molecule has 9 heteroatoms. The van der Waals surface area contributed by atoms with Crippen molar-refractivity contribution in [2.24, 2.45) is 0 Å². The van der Waals surface area contributed by atoms with Gasteiger partial charge >= 0.3 is 0 Å². The van der Waals surface area contributed by atoms with E-state index in [0.717, 1.165) is 36.2 Å². The number of amides is 1. The molecule has 1 spiro atoms. The van der Waals surface area contributed by atoms with Crippen molar-refractivity contribution in [3.8, 4) is 0 Å². The summed E-state index contributed by atoms with van der Waals surface area (Å²) in [4.78, 5) is 29.3. The lowest BCUT2D eigenvalue weighted by atomic mass is 10.1. The first-order valence-electron chi connectivity index (χ1n) is 9.12. The van der Waals surface area contributed by atoms with E-state index in [0.29, 0.717) is 18.7 Å². The molecule has 144 valence electrons. The van der Waals surface area contributed by atoms with Gasteiger partial charge in [-0.05, 0) is 54.3 Å². The van der Waals surface area contributed by atoms with Crippen LogP contribution in [-0.4, -0.2) is 59.7 Å². The Morgan fingerprint density at radius 1 is 1.14 bits per heavy atom. The van der Waals surface area contributed by atoms with Crippen LogP contribution in [0.15, 0.2) is 47.8 Å². The second-order valence-corrected chi connectivity index (χ2v) is 8.24. The summed E-state index contributed by atoms with van der Waals surface area (Å²) in [5.41, 5.74) is 1.15. The molecule has 2 fully saturated rings. The second-order valence-electron chi connectivity index (χ2n) is 7.30. The molecule has 28 heavy (non-hydrogen) atoms. The Bertz CT molecular complexity index is 1080. The van der Waals surface area contributed by atoms with Crippen LogP contribution in [0.5, 0.6) is 0 Å². The van der Waals surface area contributed by atoms with Crippen LogP contribution in [0.2, 0.25) is 0 Å². The summed E-state index contributed by atoms with van der Waals surface area (Å²) < 4.78 is 22.1. The Kier molecular flexibility index (Phi) is 3.95. The third-order valence-electron chi connectivity index (χ3n) is 5.65. The number of benzene rings is 1. The molecule has 1 unspecified atom stereocenters. The van der Waals surface area contributed by atoms with Gasteiger partial charge in [-0.1, -0.05) is 0 Å². The summed E-state index contributed by atoms with van der Waals surface area (Å²) in [6, 6.07) is 8.09. The highest BCUT2D eigenvalue weighted by molar-refractivity contribution is 7.79. The molecule has 2 aromatic heterocycles. The molecular formula is C19H18N5O3S-. The molecule has 5 rings (SSSR count). The molecule has 1 saturated carbocycles. The van der Waals surface area contributed by atoms with Crippen molar-refractivity contribution in [2.75, 3.05) is 24.5 Å². The highest BCUT2D eigenvalue weighted by Crippen LogP contribution is 2.46. The summed E-state index contributed by atoms with van der Waals surface area (Å²) >= 11 is -2.29. The van der Waals surface area contributed by atoms with Crippen LogP contribution < -0.4 is 4.90 Å². The molecular weight excluding hydrogens is 378 g/mol. The maximum Gasteiger partial charge on any atom is 0.254 e. The van der Waals surface area contributed by atoms with Gasteiger partial charge < -0.3 is 19.3 Å². The molecule has 0 bridgehead atoms. The van der Waals surface area contributed by atoms with E-state index < -0.39 is 11.1 Å². The molecule has 0 radical (unpaired) electrons. The van der Waals surface area contributed by atoms with E-state index in [9.17, 15) is 13.6 Å². The number of anilines is 1. The molecule has 1 aliphatic carbocycles. The molecule has 1 atom stereocenters. The Morgan fingerprint density at radius 2 is 1.93 bits per heavy atom. The van der Waals surface area contributed by atoms with Crippen molar-refractivity contribution in [1.82, 2.24) is 19.9 Å². The van der Waals surface area contributed by atoms with Crippen LogP contribution in [-0.2, 0) is 11.1 Å². The lowest BCUT2D eigenvalue weighted by Gasteiger charge is -2.43. The van der Waals surface area contributed by atoms with Gasteiger partial charge in [-0.3, -0.25) is 9.00 Å². The zero-order valence-corrected chi connectivity index (χ0v) is 15.8. The van der Waals surface area contributed by atoms with Crippen molar-refractivity contribution in [3.05, 3.63) is 48.4 Å². The highest BCUT2D eigenvalue weighted by atomic mass is 32.2. The van der Waals surface area contributed by atoms with Crippen LogP contribution >= 0.6 is 0 Å². The largest absolute Gasteiger partial charge is 0.768 e. The first kappa shape index (κ1) is 17.3. The second kappa shape index (κ2) is 6.39. The van der Waals surface area contributed by atoms with Gasteiger partial charge in [-0.2, -0.15) is 0 Å². The van der Waals surface area contributed by atoms with Gasteiger partial charge in [-0.25, -0.2) is 9.97 Å². The Morgan fingerprint density at radius 3 is 2.64 bits per heavy atom. The number of nitrogens with one attached hydrogen (secondary N) is 1. The molecule has 1 amide bonds. The molecule has 1 N–H and O–H groups in total. The van der Waals surface area contributed by atoms with E-state index >= 15 is 0 Å². The number of fused-ring (bicyclic) bond motifs is 1. The number of rotatable bonds is 3. The molecule has 8 nitrogen and oxygen atoms in total. The molecule has 1 saturated heterocycles. The van der Waals surface area contributed by atoms with Crippen LogP contribution in [0.3, 0.4) is 0 Å². The van der Waals surface area contributed by atoms with E-state index in [-0.39, 0.29) is 16.3 Å². The number of carbonyl (C=O) groups excluding carboxylic acids is 1. The number of H-pyrrole nitrogens is 1. The average Bonchev–Trinajstić information content (AvgIpc) is 3.29. The zero-order valence-electron chi connectivity index (χ0n) is 15.0. The predicted octanol–water partition coefficient (Wildman–Crippen LogP) is 1.69. The fourth-order valence-electron chi connectivity index (χ4n) is 4.02. The molecule has 2 aliphatic rings. The molecule has 3 heterocycles. The van der Waals surface area contributed by atoms with Gasteiger partial charge in [-0.15, -0.1) is 0 Å². The van der Waals surface area contributed by atoms with Gasteiger partial charge in [0.2, 0.25) is 0 Å². The van der Waals surface area contributed by atoms with Crippen LogP contribution in [0.4, 0.5) is 5.82 Å².